The molecule has 0 amide bonds. The minimum atomic E-state index is -3.22. The van der Waals surface area contributed by atoms with Gasteiger partial charge in [-0.1, -0.05) is 5.16 Å². The van der Waals surface area contributed by atoms with Crippen LogP contribution in [0.3, 0.4) is 0 Å². The third-order valence-electron chi connectivity index (χ3n) is 3.57. The highest BCUT2D eigenvalue weighted by molar-refractivity contribution is 9.10. The molecule has 10 heteroatoms. The first-order valence-electron chi connectivity index (χ1n) is 6.69. The first-order valence-corrected chi connectivity index (χ1v) is 9.91. The van der Waals surface area contributed by atoms with Gasteiger partial charge in [0.25, 0.3) is 0 Å². The molecular weight excluding hydrogens is 392 g/mol. The van der Waals surface area contributed by atoms with E-state index in [0.29, 0.717) is 37.8 Å². The van der Waals surface area contributed by atoms with Crippen molar-refractivity contribution in [2.45, 2.75) is 18.2 Å². The van der Waals surface area contributed by atoms with E-state index in [4.69, 9.17) is 4.52 Å². The van der Waals surface area contributed by atoms with Crippen LogP contribution in [0.25, 0.3) is 10.7 Å². The van der Waals surface area contributed by atoms with Crippen LogP contribution in [0, 0.1) is 0 Å². The maximum atomic E-state index is 11.8. The van der Waals surface area contributed by atoms with E-state index in [2.05, 4.69) is 30.8 Å². The Morgan fingerprint density at radius 1 is 1.59 bits per heavy atom. The van der Waals surface area contributed by atoms with Gasteiger partial charge in [-0.15, -0.1) is 11.3 Å². The molecule has 22 heavy (non-hydrogen) atoms. The van der Waals surface area contributed by atoms with E-state index >= 15 is 0 Å². The average Bonchev–Trinajstić information content (AvgIpc) is 3.20. The highest BCUT2D eigenvalue weighted by Crippen LogP contribution is 2.28. The summed E-state index contributed by atoms with van der Waals surface area (Å²) in [5.41, 5.74) is 0. The predicted octanol–water partition coefficient (Wildman–Crippen LogP) is 1.68. The normalized spacial score (nSPS) is 19.8. The lowest BCUT2D eigenvalue weighted by Gasteiger charge is -2.13. The summed E-state index contributed by atoms with van der Waals surface area (Å²) in [4.78, 5) is 7.31. The Labute approximate surface area is 140 Å². The molecule has 0 spiro atoms. The summed E-state index contributed by atoms with van der Waals surface area (Å²) < 4.78 is 32.2. The van der Waals surface area contributed by atoms with Crippen LogP contribution in [0.5, 0.6) is 0 Å². The second kappa shape index (κ2) is 6.36. The van der Waals surface area contributed by atoms with E-state index in [1.54, 1.807) is 0 Å². The third-order valence-corrected chi connectivity index (χ3v) is 7.09. The van der Waals surface area contributed by atoms with Gasteiger partial charge in [0.05, 0.1) is 16.7 Å². The number of hydrogen-bond donors (Lipinski definition) is 1. The molecule has 120 valence electrons. The zero-order chi connectivity index (χ0) is 15.7. The minimum Gasteiger partial charge on any atom is -0.338 e. The molecule has 1 fully saturated rings. The lowest BCUT2D eigenvalue weighted by molar-refractivity contribution is 0.268. The van der Waals surface area contributed by atoms with Crippen molar-refractivity contribution in [3.8, 4) is 10.7 Å². The van der Waals surface area contributed by atoms with E-state index < -0.39 is 10.0 Å². The molecule has 2 aromatic heterocycles. The summed E-state index contributed by atoms with van der Waals surface area (Å²) in [7, 11) is -1.77. The second-order valence-electron chi connectivity index (χ2n) is 5.04. The molecule has 1 saturated heterocycles. The Kier molecular flexibility index (Phi) is 4.64. The maximum Gasteiger partial charge on any atom is 0.241 e. The van der Waals surface area contributed by atoms with Gasteiger partial charge in [-0.2, -0.15) is 4.98 Å². The number of nitrogens with zero attached hydrogens (tertiary/aromatic N) is 3. The fraction of sp³-hybridized carbons (Fsp3) is 0.500. The molecule has 0 aliphatic carbocycles. The van der Waals surface area contributed by atoms with Crippen molar-refractivity contribution in [3.05, 3.63) is 21.8 Å². The Hall–Kier alpha value is -0.810. The molecule has 3 rings (SSSR count). The number of halogens is 1. The Balaban J connectivity index is 1.64. The number of aromatic nitrogens is 2. The lowest BCUT2D eigenvalue weighted by Crippen LogP contribution is -2.34. The van der Waals surface area contributed by atoms with Gasteiger partial charge in [0.15, 0.2) is 0 Å². The monoisotopic (exact) mass is 406 g/mol. The molecule has 0 unspecified atom stereocenters. The summed E-state index contributed by atoms with van der Waals surface area (Å²) in [5.74, 6) is 1.06. The summed E-state index contributed by atoms with van der Waals surface area (Å²) in [6.07, 6.45) is 0.613. The summed E-state index contributed by atoms with van der Waals surface area (Å²) >= 11 is 4.92. The highest BCUT2D eigenvalue weighted by atomic mass is 79.9. The number of rotatable bonds is 5. The van der Waals surface area contributed by atoms with Crippen molar-refractivity contribution in [1.82, 2.24) is 19.8 Å². The molecule has 0 radical (unpaired) electrons. The van der Waals surface area contributed by atoms with Crippen LogP contribution in [0.1, 0.15) is 12.3 Å². The molecule has 7 nitrogen and oxygen atoms in total. The molecule has 1 aliphatic heterocycles. The second-order valence-corrected chi connectivity index (χ2v) is 9.03. The SMILES string of the molecule is CNS(=O)(=O)[C@H]1CCN(Cc2nc(-c3cc(Br)cs3)no2)C1. The summed E-state index contributed by atoms with van der Waals surface area (Å²) in [6.45, 7) is 1.65. The van der Waals surface area contributed by atoms with Crippen molar-refractivity contribution >= 4 is 37.3 Å². The molecule has 0 saturated carbocycles. The van der Waals surface area contributed by atoms with E-state index in [0.717, 1.165) is 9.35 Å². The van der Waals surface area contributed by atoms with Gasteiger partial charge in [-0.05, 0) is 35.5 Å². The van der Waals surface area contributed by atoms with Crippen LogP contribution in [0.15, 0.2) is 20.4 Å². The molecule has 1 aliphatic rings. The van der Waals surface area contributed by atoms with Crippen LogP contribution in [-0.2, 0) is 16.6 Å². The fourth-order valence-corrected chi connectivity index (χ4v) is 4.91. The Bertz CT molecular complexity index is 758. The van der Waals surface area contributed by atoms with Gasteiger partial charge in [-0.25, -0.2) is 13.1 Å². The van der Waals surface area contributed by atoms with Gasteiger partial charge in [0.2, 0.25) is 21.7 Å². The molecule has 2 aromatic rings. The molecule has 1 N–H and O–H groups in total. The zero-order valence-electron chi connectivity index (χ0n) is 11.8. The Morgan fingerprint density at radius 3 is 3.09 bits per heavy atom. The van der Waals surface area contributed by atoms with Crippen molar-refractivity contribution in [2.24, 2.45) is 0 Å². The van der Waals surface area contributed by atoms with Gasteiger partial charge in [0.1, 0.15) is 0 Å². The quantitative estimate of drug-likeness (QED) is 0.812. The molecule has 1 atom stereocenters. The van der Waals surface area contributed by atoms with E-state index in [9.17, 15) is 8.42 Å². The van der Waals surface area contributed by atoms with Crippen LogP contribution in [0.2, 0.25) is 0 Å². The molecular formula is C12H15BrN4O3S2. The number of sulfonamides is 1. The maximum absolute atomic E-state index is 11.8. The van der Waals surface area contributed by atoms with Crippen molar-refractivity contribution < 1.29 is 12.9 Å². The number of nitrogens with one attached hydrogen (secondary N) is 1. The van der Waals surface area contributed by atoms with E-state index in [1.165, 1.54) is 18.4 Å². The van der Waals surface area contributed by atoms with Gasteiger partial charge >= 0.3 is 0 Å². The van der Waals surface area contributed by atoms with Crippen LogP contribution in [-0.4, -0.2) is 48.8 Å². The average molecular weight is 407 g/mol. The number of hydrogen-bond acceptors (Lipinski definition) is 7. The third kappa shape index (κ3) is 3.40. The first kappa shape index (κ1) is 16.1. The summed E-state index contributed by atoms with van der Waals surface area (Å²) in [6, 6.07) is 1.94. The van der Waals surface area contributed by atoms with E-state index in [-0.39, 0.29) is 5.25 Å². The lowest BCUT2D eigenvalue weighted by atomic mass is 10.4. The smallest absolute Gasteiger partial charge is 0.241 e. The molecule has 0 aromatic carbocycles. The number of thiophene rings is 1. The van der Waals surface area contributed by atoms with Crippen molar-refractivity contribution in [3.63, 3.8) is 0 Å². The fourth-order valence-electron chi connectivity index (χ4n) is 2.40. The van der Waals surface area contributed by atoms with Crippen LogP contribution >= 0.6 is 27.3 Å². The molecule has 3 heterocycles. The Morgan fingerprint density at radius 2 is 2.41 bits per heavy atom. The standard InChI is InChI=1S/C12H15BrN4O3S2/c1-14-22(18,19)9-2-3-17(5-9)6-11-15-12(16-20-11)10-4-8(13)7-21-10/h4,7,9,14H,2-3,5-6H2,1H3/t9-/m0/s1. The van der Waals surface area contributed by atoms with Crippen LogP contribution in [0.4, 0.5) is 0 Å². The summed E-state index contributed by atoms with van der Waals surface area (Å²) in [5, 5.41) is 5.55. The van der Waals surface area contributed by atoms with Gasteiger partial charge < -0.3 is 4.52 Å². The number of likely N-dealkylation sites (tertiary alicyclic amines) is 1. The van der Waals surface area contributed by atoms with E-state index in [1.807, 2.05) is 16.3 Å². The van der Waals surface area contributed by atoms with Crippen molar-refractivity contribution in [1.29, 1.82) is 0 Å². The topological polar surface area (TPSA) is 88.3 Å². The molecule has 0 bridgehead atoms. The predicted molar refractivity (Wildman–Crippen MR) is 87.0 cm³/mol. The van der Waals surface area contributed by atoms with Crippen LogP contribution < -0.4 is 4.72 Å². The highest BCUT2D eigenvalue weighted by Gasteiger charge is 2.32. The van der Waals surface area contributed by atoms with Crippen molar-refractivity contribution in [2.75, 3.05) is 20.1 Å². The zero-order valence-corrected chi connectivity index (χ0v) is 15.0. The van der Waals surface area contributed by atoms with Gasteiger partial charge in [-0.3, -0.25) is 4.90 Å². The van der Waals surface area contributed by atoms with Gasteiger partial charge in [0, 0.05) is 22.9 Å². The minimum absolute atomic E-state index is 0.381. The first-order chi connectivity index (χ1) is 10.5. The largest absolute Gasteiger partial charge is 0.338 e.